The molecule has 60 heavy (non-hydrogen) atoms. The number of fused-ring (bicyclic) bond motifs is 11. The Labute approximate surface area is 346 Å². The number of hydrogen-bond acceptors (Lipinski definition) is 2. The van der Waals surface area contributed by atoms with Gasteiger partial charge in [-0.05, 0) is 72.5 Å². The Morgan fingerprint density at radius 2 is 0.917 bits per heavy atom. The van der Waals surface area contributed by atoms with Gasteiger partial charge < -0.3 is 9.13 Å². The summed E-state index contributed by atoms with van der Waals surface area (Å²) in [6.45, 7) is 0. The minimum absolute atomic E-state index is 0.288. The van der Waals surface area contributed by atoms with Crippen LogP contribution in [0.25, 0.3) is 82.5 Å². The van der Waals surface area contributed by atoms with Gasteiger partial charge in [-0.25, -0.2) is 9.98 Å². The number of benzene rings is 8. The normalized spacial score (nSPS) is 19.2. The smallest absolute Gasteiger partial charge is 0.235 e. The first-order chi connectivity index (χ1) is 29.8. The van der Waals surface area contributed by atoms with Gasteiger partial charge >= 0.3 is 0 Å². The first kappa shape index (κ1) is 33.2. The molecule has 1 saturated carbocycles. The maximum atomic E-state index is 5.79. The fourth-order valence-corrected chi connectivity index (χ4v) is 10.1. The van der Waals surface area contributed by atoms with Crippen LogP contribution in [0, 0.1) is 11.8 Å². The van der Waals surface area contributed by atoms with E-state index in [0.717, 1.165) is 56.9 Å². The highest BCUT2D eigenvalue weighted by Gasteiger charge is 2.42. The van der Waals surface area contributed by atoms with E-state index in [2.05, 4.69) is 214 Å². The number of para-hydroxylation sites is 6. The molecule has 2 aliphatic rings. The second-order valence-corrected chi connectivity index (χ2v) is 16.1. The lowest BCUT2D eigenvalue weighted by Crippen LogP contribution is -2.17. The standard InChI is InChI=1S/C55H37N5/c1-4-17-35(18-5-1)53-44-33-36(44)34-45(41-27-16-26-40-39-23-10-13-28-46(39)59(54(40)41)38-21-8-3-9-22-38)56-55(57-53)60-48-30-15-12-25-43(48)52-50(60)32-31-49-51(52)42-24-11-14-29-47(42)58(49)37-19-6-2-7-20-37/h1-32,34,36,44H,33H2/b45-34+,56-55+,57-53-/t36?,44-/m1/s1. The summed E-state index contributed by atoms with van der Waals surface area (Å²) in [5.41, 5.74) is 13.4. The molecule has 0 N–H and O–H groups in total. The van der Waals surface area contributed by atoms with E-state index >= 15 is 0 Å². The van der Waals surface area contributed by atoms with Crippen LogP contribution in [-0.4, -0.2) is 25.4 Å². The first-order valence-corrected chi connectivity index (χ1v) is 20.8. The molecule has 0 bridgehead atoms. The SMILES string of the molecule is C1=C(c2cccc3c4ccccc4n(-c4ccccc4)c23)/N=C(n2c3ccccc3c3c4c5ccccc5n(-c5ccccc5)c4ccc32)\N=C(\c2ccccc2)[C@@H]2CC/12. The average molecular weight is 768 g/mol. The first-order valence-electron chi connectivity index (χ1n) is 20.8. The number of aliphatic imine (C=N–C) groups is 2. The van der Waals surface area contributed by atoms with Crippen LogP contribution in [0.15, 0.2) is 210 Å². The van der Waals surface area contributed by atoms with E-state index in [-0.39, 0.29) is 5.92 Å². The molecule has 1 unspecified atom stereocenters. The summed E-state index contributed by atoms with van der Waals surface area (Å²) in [7, 11) is 0. The van der Waals surface area contributed by atoms with Crippen LogP contribution in [-0.2, 0) is 0 Å². The molecule has 13 rings (SSSR count). The van der Waals surface area contributed by atoms with E-state index in [1.54, 1.807) is 0 Å². The van der Waals surface area contributed by atoms with Gasteiger partial charge in [-0.3, -0.25) is 4.57 Å². The van der Waals surface area contributed by atoms with Crippen molar-refractivity contribution in [2.24, 2.45) is 21.8 Å². The van der Waals surface area contributed by atoms with E-state index in [4.69, 9.17) is 9.98 Å². The largest absolute Gasteiger partial charge is 0.309 e. The van der Waals surface area contributed by atoms with Crippen molar-refractivity contribution < 1.29 is 0 Å². The molecule has 1 aliphatic carbocycles. The lowest BCUT2D eigenvalue weighted by molar-refractivity contribution is 1.02. The van der Waals surface area contributed by atoms with Crippen molar-refractivity contribution in [2.45, 2.75) is 6.42 Å². The Morgan fingerprint density at radius 1 is 0.400 bits per heavy atom. The third kappa shape index (κ3) is 4.86. The molecular weight excluding hydrogens is 731 g/mol. The molecule has 3 aromatic heterocycles. The molecule has 2 atom stereocenters. The van der Waals surface area contributed by atoms with Crippen LogP contribution in [0.5, 0.6) is 0 Å². The Balaban J connectivity index is 1.14. The van der Waals surface area contributed by atoms with Gasteiger partial charge in [0.2, 0.25) is 5.96 Å². The third-order valence-corrected chi connectivity index (χ3v) is 12.7. The minimum atomic E-state index is 0.288. The fraction of sp³-hybridized carbons (Fsp3) is 0.0545. The molecule has 5 nitrogen and oxygen atoms in total. The Hall–Kier alpha value is -7.76. The summed E-state index contributed by atoms with van der Waals surface area (Å²) in [5.74, 6) is 1.29. The van der Waals surface area contributed by atoms with Crippen molar-refractivity contribution in [1.29, 1.82) is 0 Å². The summed E-state index contributed by atoms with van der Waals surface area (Å²) >= 11 is 0. The molecule has 0 radical (unpaired) electrons. The molecule has 11 aromatic rings. The van der Waals surface area contributed by atoms with E-state index in [9.17, 15) is 0 Å². The van der Waals surface area contributed by atoms with Crippen molar-refractivity contribution in [3.63, 3.8) is 0 Å². The zero-order valence-electron chi connectivity index (χ0n) is 32.7. The zero-order chi connectivity index (χ0) is 39.3. The van der Waals surface area contributed by atoms with Crippen LogP contribution < -0.4 is 0 Å². The van der Waals surface area contributed by atoms with Crippen molar-refractivity contribution in [3.05, 3.63) is 211 Å². The Morgan fingerprint density at radius 3 is 1.58 bits per heavy atom. The number of allylic oxidation sites excluding steroid dienone is 1. The van der Waals surface area contributed by atoms with Crippen LogP contribution in [0.4, 0.5) is 0 Å². The predicted molar refractivity (Wildman–Crippen MR) is 250 cm³/mol. The predicted octanol–water partition coefficient (Wildman–Crippen LogP) is 13.4. The second kappa shape index (κ2) is 12.9. The molecule has 1 aliphatic heterocycles. The van der Waals surface area contributed by atoms with Crippen LogP contribution >= 0.6 is 0 Å². The zero-order valence-corrected chi connectivity index (χ0v) is 32.7. The molecule has 4 heterocycles. The highest BCUT2D eigenvalue weighted by Crippen LogP contribution is 2.48. The van der Waals surface area contributed by atoms with E-state index < -0.39 is 0 Å². The van der Waals surface area contributed by atoms with Gasteiger partial charge in [0.05, 0.1) is 44.5 Å². The highest BCUT2D eigenvalue weighted by molar-refractivity contribution is 6.30. The van der Waals surface area contributed by atoms with E-state index in [0.29, 0.717) is 11.9 Å². The topological polar surface area (TPSA) is 39.5 Å². The monoisotopic (exact) mass is 767 g/mol. The molecule has 0 saturated heterocycles. The molecule has 0 amide bonds. The molecule has 1 fully saturated rings. The number of hydrogen-bond donors (Lipinski definition) is 0. The second-order valence-electron chi connectivity index (χ2n) is 16.1. The summed E-state index contributed by atoms with van der Waals surface area (Å²) in [5, 5.41) is 7.27. The molecule has 282 valence electrons. The van der Waals surface area contributed by atoms with Gasteiger partial charge in [0.1, 0.15) is 0 Å². The Bertz CT molecular complexity index is 3620. The summed E-state index contributed by atoms with van der Waals surface area (Å²) in [4.78, 5) is 11.5. The van der Waals surface area contributed by atoms with Crippen molar-refractivity contribution in [3.8, 4) is 11.4 Å². The molecule has 8 aromatic carbocycles. The van der Waals surface area contributed by atoms with Crippen molar-refractivity contribution in [2.75, 3.05) is 0 Å². The number of nitrogens with zero attached hydrogens (tertiary/aromatic N) is 5. The van der Waals surface area contributed by atoms with Crippen LogP contribution in [0.1, 0.15) is 17.5 Å². The van der Waals surface area contributed by atoms with Gasteiger partial charge in [-0.2, -0.15) is 0 Å². The fourth-order valence-electron chi connectivity index (χ4n) is 10.1. The van der Waals surface area contributed by atoms with Crippen molar-refractivity contribution >= 4 is 82.8 Å². The summed E-state index contributed by atoms with van der Waals surface area (Å²) in [6, 6.07) is 69.7. The van der Waals surface area contributed by atoms with Gasteiger partial charge in [0.15, 0.2) is 0 Å². The van der Waals surface area contributed by atoms with Crippen LogP contribution in [0.3, 0.4) is 0 Å². The molecule has 5 heteroatoms. The van der Waals surface area contributed by atoms with Gasteiger partial charge in [0.25, 0.3) is 0 Å². The minimum Gasteiger partial charge on any atom is -0.309 e. The average Bonchev–Trinajstić information content (AvgIpc) is 3.67. The van der Waals surface area contributed by atoms with E-state index in [1.165, 1.54) is 48.9 Å². The lowest BCUT2D eigenvalue weighted by Gasteiger charge is -2.16. The number of rotatable bonds is 4. The summed E-state index contributed by atoms with van der Waals surface area (Å²) < 4.78 is 7.14. The van der Waals surface area contributed by atoms with Gasteiger partial charge in [-0.15, -0.1) is 0 Å². The molecular formula is C55H37N5. The lowest BCUT2D eigenvalue weighted by atomic mass is 10.0. The van der Waals surface area contributed by atoms with Gasteiger partial charge in [0, 0.05) is 55.2 Å². The summed E-state index contributed by atoms with van der Waals surface area (Å²) in [6.07, 6.45) is 3.47. The van der Waals surface area contributed by atoms with Crippen molar-refractivity contribution in [1.82, 2.24) is 13.7 Å². The number of aromatic nitrogens is 3. The Kier molecular flexibility index (Phi) is 7.13. The highest BCUT2D eigenvalue weighted by atomic mass is 15.2. The quantitative estimate of drug-likeness (QED) is 0.171. The molecule has 0 spiro atoms. The van der Waals surface area contributed by atoms with E-state index in [1.807, 2.05) is 0 Å². The van der Waals surface area contributed by atoms with Gasteiger partial charge in [-0.1, -0.05) is 146 Å². The maximum Gasteiger partial charge on any atom is 0.235 e. The van der Waals surface area contributed by atoms with Crippen LogP contribution in [0.2, 0.25) is 0 Å². The third-order valence-electron chi connectivity index (χ3n) is 12.7. The maximum absolute atomic E-state index is 5.79.